The van der Waals surface area contributed by atoms with Crippen LogP contribution < -0.4 is 9.47 Å². The van der Waals surface area contributed by atoms with Crippen molar-refractivity contribution in [1.82, 2.24) is 9.88 Å². The largest absolute Gasteiger partial charge is 0.507 e. The molecule has 1 saturated heterocycles. The van der Waals surface area contributed by atoms with Gasteiger partial charge in [-0.05, 0) is 48.9 Å². The average molecular weight is 444 g/mol. The van der Waals surface area contributed by atoms with Crippen molar-refractivity contribution >= 4 is 17.4 Å². The van der Waals surface area contributed by atoms with E-state index in [0.717, 1.165) is 5.56 Å². The summed E-state index contributed by atoms with van der Waals surface area (Å²) >= 11 is 0. The van der Waals surface area contributed by atoms with E-state index < -0.39 is 17.7 Å². The van der Waals surface area contributed by atoms with Crippen LogP contribution in [0.25, 0.3) is 5.76 Å². The number of rotatable bonds is 6. The van der Waals surface area contributed by atoms with Crippen molar-refractivity contribution < 1.29 is 24.2 Å². The highest BCUT2D eigenvalue weighted by molar-refractivity contribution is 6.46. The summed E-state index contributed by atoms with van der Waals surface area (Å²) < 4.78 is 10.8. The topological polar surface area (TPSA) is 89.0 Å². The van der Waals surface area contributed by atoms with Crippen LogP contribution in [0.3, 0.4) is 0 Å². The highest BCUT2D eigenvalue weighted by Gasteiger charge is 2.47. The third-order valence-electron chi connectivity index (χ3n) is 5.70. The molecule has 1 aliphatic rings. The maximum Gasteiger partial charge on any atom is 0.296 e. The predicted molar refractivity (Wildman–Crippen MR) is 123 cm³/mol. The van der Waals surface area contributed by atoms with Crippen molar-refractivity contribution in [2.24, 2.45) is 0 Å². The summed E-state index contributed by atoms with van der Waals surface area (Å²) in [7, 11) is 3.09. The summed E-state index contributed by atoms with van der Waals surface area (Å²) in [5.74, 6) is -0.551. The van der Waals surface area contributed by atoms with Crippen LogP contribution in [0.5, 0.6) is 11.5 Å². The molecule has 1 fully saturated rings. The zero-order valence-electron chi connectivity index (χ0n) is 18.6. The smallest absolute Gasteiger partial charge is 0.296 e. The Morgan fingerprint density at radius 3 is 2.39 bits per heavy atom. The van der Waals surface area contributed by atoms with Crippen LogP contribution in [0.2, 0.25) is 0 Å². The predicted octanol–water partition coefficient (Wildman–Crippen LogP) is 4.03. The van der Waals surface area contributed by atoms with Gasteiger partial charge in [0, 0.05) is 17.3 Å². The molecule has 2 aromatic carbocycles. The van der Waals surface area contributed by atoms with Gasteiger partial charge >= 0.3 is 0 Å². The molecule has 7 nitrogen and oxygen atoms in total. The van der Waals surface area contributed by atoms with Gasteiger partial charge in [0.05, 0.1) is 38.1 Å². The summed E-state index contributed by atoms with van der Waals surface area (Å²) in [6, 6.07) is 16.8. The van der Waals surface area contributed by atoms with E-state index in [4.69, 9.17) is 9.47 Å². The number of ketones is 1. The van der Waals surface area contributed by atoms with Gasteiger partial charge in [-0.3, -0.25) is 14.6 Å². The summed E-state index contributed by atoms with van der Waals surface area (Å²) in [6.45, 7) is 1.94. The first-order valence-corrected chi connectivity index (χ1v) is 10.4. The van der Waals surface area contributed by atoms with Crippen LogP contribution in [-0.4, -0.2) is 40.9 Å². The molecule has 4 rings (SSSR count). The summed E-state index contributed by atoms with van der Waals surface area (Å²) in [6.07, 6.45) is 1.63. The van der Waals surface area contributed by atoms with Gasteiger partial charge in [0.15, 0.2) is 0 Å². The number of para-hydroxylation sites is 1. The Kier molecular flexibility index (Phi) is 6.13. The zero-order valence-corrected chi connectivity index (χ0v) is 18.6. The second kappa shape index (κ2) is 9.16. The molecule has 1 amide bonds. The van der Waals surface area contributed by atoms with E-state index in [2.05, 4.69) is 4.98 Å². The number of aromatic nitrogens is 1. The first kappa shape index (κ1) is 22.1. The molecule has 1 N–H and O–H groups in total. The quantitative estimate of drug-likeness (QED) is 0.351. The zero-order chi connectivity index (χ0) is 23.5. The molecule has 0 radical (unpaired) electrons. The molecule has 0 spiro atoms. The maximum absolute atomic E-state index is 13.2. The van der Waals surface area contributed by atoms with Crippen molar-refractivity contribution in [2.75, 3.05) is 14.2 Å². The lowest BCUT2D eigenvalue weighted by Gasteiger charge is -2.26. The van der Waals surface area contributed by atoms with Gasteiger partial charge in [-0.1, -0.05) is 24.3 Å². The number of nitrogens with zero attached hydrogens (tertiary/aromatic N) is 2. The number of methoxy groups -OCH3 is 2. The number of benzene rings is 2. The Morgan fingerprint density at radius 2 is 1.73 bits per heavy atom. The van der Waals surface area contributed by atoms with E-state index >= 15 is 0 Å². The number of likely N-dealkylation sites (tertiary alicyclic amines) is 1. The minimum absolute atomic E-state index is 0.00463. The van der Waals surface area contributed by atoms with E-state index in [1.807, 2.05) is 13.0 Å². The highest BCUT2D eigenvalue weighted by Crippen LogP contribution is 2.43. The van der Waals surface area contributed by atoms with Crippen molar-refractivity contribution in [1.29, 1.82) is 0 Å². The minimum atomic E-state index is -0.842. The number of amides is 1. The number of carbonyl (C=O) groups is 2. The fourth-order valence-electron chi connectivity index (χ4n) is 4.11. The molecular formula is C26H24N2O5. The molecule has 0 aliphatic carbocycles. The molecular weight excluding hydrogens is 420 g/mol. The number of hydrogen-bond donors (Lipinski definition) is 1. The van der Waals surface area contributed by atoms with Gasteiger partial charge < -0.3 is 19.5 Å². The summed E-state index contributed by atoms with van der Waals surface area (Å²) in [4.78, 5) is 32.1. The molecule has 1 atom stereocenters. The normalized spacial score (nSPS) is 17.3. The molecule has 1 unspecified atom stereocenters. The molecule has 0 saturated carbocycles. The van der Waals surface area contributed by atoms with Gasteiger partial charge in [-0.25, -0.2) is 0 Å². The number of pyridine rings is 1. The van der Waals surface area contributed by atoms with Gasteiger partial charge in [-0.2, -0.15) is 0 Å². The lowest BCUT2D eigenvalue weighted by atomic mass is 9.94. The molecule has 168 valence electrons. The lowest BCUT2D eigenvalue weighted by molar-refractivity contribution is -0.140. The number of aliphatic hydroxyl groups is 1. The number of carbonyl (C=O) groups excluding carboxylic acids is 2. The Hall–Kier alpha value is -4.13. The standard InChI is InChI=1S/C26H24N2O5/c1-16-14-17(11-12-20(16)32-2)24(29)22-23(19-9-4-5-10-21(19)33-3)28(26(31)25(22)30)15-18-8-6-7-13-27-18/h4-14,23,29H,15H2,1-3H3/b24-22+. The first-order valence-electron chi connectivity index (χ1n) is 10.4. The van der Waals surface area contributed by atoms with Crippen LogP contribution in [0.15, 0.2) is 72.4 Å². The molecule has 33 heavy (non-hydrogen) atoms. The fourth-order valence-corrected chi connectivity index (χ4v) is 4.11. The van der Waals surface area contributed by atoms with Gasteiger partial charge in [0.1, 0.15) is 17.3 Å². The van der Waals surface area contributed by atoms with E-state index in [9.17, 15) is 14.7 Å². The summed E-state index contributed by atoms with van der Waals surface area (Å²) in [5, 5.41) is 11.3. The van der Waals surface area contributed by atoms with Crippen LogP contribution in [0.4, 0.5) is 0 Å². The number of Topliss-reactive ketones (excluding diaryl/α,β-unsaturated/α-hetero) is 1. The van der Waals surface area contributed by atoms with Gasteiger partial charge in [-0.15, -0.1) is 0 Å². The second-order valence-electron chi connectivity index (χ2n) is 7.67. The lowest BCUT2D eigenvalue weighted by Crippen LogP contribution is -2.29. The SMILES string of the molecule is COc1ccc(/C(O)=C2\C(=O)C(=O)N(Cc3ccccn3)C2c2ccccc2OC)cc1C. The molecule has 0 bridgehead atoms. The Labute approximate surface area is 191 Å². The second-order valence-corrected chi connectivity index (χ2v) is 7.67. The highest BCUT2D eigenvalue weighted by atomic mass is 16.5. The van der Waals surface area contributed by atoms with E-state index in [-0.39, 0.29) is 17.9 Å². The van der Waals surface area contributed by atoms with Crippen LogP contribution in [0, 0.1) is 6.92 Å². The van der Waals surface area contributed by atoms with Crippen molar-refractivity contribution in [3.63, 3.8) is 0 Å². The third-order valence-corrected chi connectivity index (χ3v) is 5.70. The molecule has 1 aliphatic heterocycles. The van der Waals surface area contributed by atoms with Crippen molar-refractivity contribution in [3.05, 3.63) is 94.8 Å². The van der Waals surface area contributed by atoms with Crippen LogP contribution >= 0.6 is 0 Å². The van der Waals surface area contributed by atoms with E-state index in [0.29, 0.717) is 28.3 Å². The third kappa shape index (κ3) is 4.05. The molecule has 7 heteroatoms. The van der Waals surface area contributed by atoms with Gasteiger partial charge in [0.25, 0.3) is 11.7 Å². The number of aryl methyl sites for hydroxylation is 1. The Balaban J connectivity index is 1.90. The number of hydrogen-bond acceptors (Lipinski definition) is 6. The Bertz CT molecular complexity index is 1240. The van der Waals surface area contributed by atoms with Crippen molar-refractivity contribution in [2.45, 2.75) is 19.5 Å². The Morgan fingerprint density at radius 1 is 1.00 bits per heavy atom. The van der Waals surface area contributed by atoms with E-state index in [1.54, 1.807) is 67.9 Å². The van der Waals surface area contributed by atoms with Crippen LogP contribution in [-0.2, 0) is 16.1 Å². The number of ether oxygens (including phenoxy) is 2. The minimum Gasteiger partial charge on any atom is -0.507 e. The maximum atomic E-state index is 13.2. The monoisotopic (exact) mass is 444 g/mol. The van der Waals surface area contributed by atoms with Gasteiger partial charge in [0.2, 0.25) is 0 Å². The van der Waals surface area contributed by atoms with Crippen LogP contribution in [0.1, 0.15) is 28.4 Å². The average Bonchev–Trinajstić information content (AvgIpc) is 3.09. The van der Waals surface area contributed by atoms with Crippen molar-refractivity contribution in [3.8, 4) is 11.5 Å². The molecule has 2 heterocycles. The molecule has 3 aromatic rings. The summed E-state index contributed by atoms with van der Waals surface area (Å²) in [5.41, 5.74) is 2.44. The number of aliphatic hydroxyl groups excluding tert-OH is 1. The van der Waals surface area contributed by atoms with E-state index in [1.165, 1.54) is 12.0 Å². The molecule has 1 aromatic heterocycles. The fraction of sp³-hybridized carbons (Fsp3) is 0.192. The first-order chi connectivity index (χ1) is 16.0.